The molecule has 1 aliphatic heterocycles. The second-order valence-electron chi connectivity index (χ2n) is 11.2. The Morgan fingerprint density at radius 3 is 2.67 bits per heavy atom. The molecule has 1 saturated heterocycles. The molecule has 3 aliphatic carbocycles. The first-order valence-electron chi connectivity index (χ1n) is 11.4. The maximum absolute atomic E-state index is 13.9. The third-order valence-corrected chi connectivity index (χ3v) is 7.80. The molecule has 4 fully saturated rings. The molecule has 30 heavy (non-hydrogen) atoms. The molecule has 166 valence electrons. The number of hydrogen-bond donors (Lipinski definition) is 2. The molecule has 5 unspecified atom stereocenters. The molecule has 0 aromatic heterocycles. The van der Waals surface area contributed by atoms with E-state index in [1.165, 1.54) is 0 Å². The number of piperidine rings is 1. The van der Waals surface area contributed by atoms with Crippen molar-refractivity contribution in [3.05, 3.63) is 0 Å². The van der Waals surface area contributed by atoms with E-state index in [-0.39, 0.29) is 11.9 Å². The number of ether oxygens (including phenoxy) is 1. The number of aliphatic hydroxyl groups is 1. The van der Waals surface area contributed by atoms with Crippen LogP contribution < -0.4 is 5.32 Å². The van der Waals surface area contributed by atoms with Crippen LogP contribution in [0.2, 0.25) is 0 Å². The van der Waals surface area contributed by atoms with Crippen LogP contribution in [-0.2, 0) is 9.53 Å². The number of likely N-dealkylation sites (tertiary alicyclic amines) is 1. The zero-order chi connectivity index (χ0) is 21.9. The van der Waals surface area contributed by atoms with Crippen molar-refractivity contribution in [3.63, 3.8) is 0 Å². The molecule has 2 N–H and O–H groups in total. The van der Waals surface area contributed by atoms with Crippen LogP contribution in [0.5, 0.6) is 0 Å². The van der Waals surface area contributed by atoms with Gasteiger partial charge < -0.3 is 20.1 Å². The summed E-state index contributed by atoms with van der Waals surface area (Å²) in [6, 6.07) is 1.18. The normalized spacial score (nSPS) is 40.3. The minimum Gasteiger partial charge on any atom is -0.444 e. The molecule has 0 aromatic carbocycles. The monoisotopic (exact) mass is 417 g/mol. The van der Waals surface area contributed by atoms with Gasteiger partial charge in [0.2, 0.25) is 5.91 Å². The molecular formula is C23H35N3O4. The molecule has 2 bridgehead atoms. The van der Waals surface area contributed by atoms with E-state index in [1.54, 1.807) is 25.7 Å². The molecule has 0 radical (unpaired) electrons. The van der Waals surface area contributed by atoms with Gasteiger partial charge in [0.15, 0.2) is 0 Å². The lowest BCUT2D eigenvalue weighted by molar-refractivity contribution is -0.142. The van der Waals surface area contributed by atoms with Crippen LogP contribution in [0.1, 0.15) is 79.1 Å². The van der Waals surface area contributed by atoms with E-state index in [0.717, 1.165) is 38.5 Å². The molecule has 3 saturated carbocycles. The van der Waals surface area contributed by atoms with Crippen LogP contribution in [0, 0.1) is 28.6 Å². The average molecular weight is 418 g/mol. The van der Waals surface area contributed by atoms with Gasteiger partial charge in [-0.25, -0.2) is 4.79 Å². The fourth-order valence-corrected chi connectivity index (χ4v) is 6.49. The van der Waals surface area contributed by atoms with Crippen molar-refractivity contribution in [1.82, 2.24) is 10.2 Å². The van der Waals surface area contributed by atoms with Crippen LogP contribution >= 0.6 is 0 Å². The first-order valence-corrected chi connectivity index (χ1v) is 11.4. The highest BCUT2D eigenvalue weighted by Gasteiger charge is 2.60. The zero-order valence-electron chi connectivity index (χ0n) is 18.6. The number of nitriles is 1. The predicted octanol–water partition coefficient (Wildman–Crippen LogP) is 3.11. The molecule has 7 heteroatoms. The Labute approximate surface area is 179 Å². The van der Waals surface area contributed by atoms with Gasteiger partial charge in [-0.1, -0.05) is 6.92 Å². The highest BCUT2D eigenvalue weighted by atomic mass is 16.6. The molecule has 4 aliphatic rings. The van der Waals surface area contributed by atoms with Gasteiger partial charge in [0, 0.05) is 11.5 Å². The van der Waals surface area contributed by atoms with E-state index < -0.39 is 34.8 Å². The van der Waals surface area contributed by atoms with Crippen molar-refractivity contribution in [2.24, 2.45) is 17.3 Å². The third kappa shape index (κ3) is 3.79. The van der Waals surface area contributed by atoms with Crippen molar-refractivity contribution < 1.29 is 19.4 Å². The lowest BCUT2D eigenvalue weighted by Crippen LogP contribution is -2.61. The van der Waals surface area contributed by atoms with Gasteiger partial charge in [-0.05, 0) is 84.0 Å². The van der Waals surface area contributed by atoms with Crippen molar-refractivity contribution in [3.8, 4) is 6.07 Å². The number of nitrogens with zero attached hydrogens (tertiary/aromatic N) is 2. The molecule has 0 spiro atoms. The summed E-state index contributed by atoms with van der Waals surface area (Å²) in [5, 5.41) is 23.7. The topological polar surface area (TPSA) is 103 Å². The number of amides is 2. The highest BCUT2D eigenvalue weighted by molar-refractivity contribution is 5.88. The highest BCUT2D eigenvalue weighted by Crippen LogP contribution is 2.57. The Morgan fingerprint density at radius 2 is 2.07 bits per heavy atom. The van der Waals surface area contributed by atoms with Gasteiger partial charge >= 0.3 is 6.09 Å². The van der Waals surface area contributed by atoms with Gasteiger partial charge in [-0.2, -0.15) is 5.26 Å². The van der Waals surface area contributed by atoms with Gasteiger partial charge in [0.25, 0.3) is 0 Å². The first kappa shape index (κ1) is 21.4. The second-order valence-corrected chi connectivity index (χ2v) is 11.2. The summed E-state index contributed by atoms with van der Waals surface area (Å²) in [6.07, 6.45) is 5.51. The summed E-state index contributed by atoms with van der Waals surface area (Å²) in [7, 11) is 0. The van der Waals surface area contributed by atoms with Gasteiger partial charge in [0.05, 0.1) is 11.7 Å². The number of carbonyl (C=O) groups is 2. The zero-order valence-corrected chi connectivity index (χ0v) is 18.6. The Balaban J connectivity index is 1.65. The first-order chi connectivity index (χ1) is 14.0. The summed E-state index contributed by atoms with van der Waals surface area (Å²) >= 11 is 0. The number of hydrogen-bond acceptors (Lipinski definition) is 5. The SMILES string of the molecule is CCC1([C@H](NC(=O)OC(C)(C)C)C(=O)N2C3CC3C[C@H]2C#N)CC2CCC(O)(C2)C1. The van der Waals surface area contributed by atoms with E-state index in [0.29, 0.717) is 24.7 Å². The fourth-order valence-electron chi connectivity index (χ4n) is 6.49. The van der Waals surface area contributed by atoms with Crippen molar-refractivity contribution in [2.75, 3.05) is 0 Å². The lowest BCUT2D eigenvalue weighted by atomic mass is 9.61. The van der Waals surface area contributed by atoms with Crippen LogP contribution in [0.15, 0.2) is 0 Å². The van der Waals surface area contributed by atoms with E-state index >= 15 is 0 Å². The summed E-state index contributed by atoms with van der Waals surface area (Å²) in [6.45, 7) is 7.42. The largest absolute Gasteiger partial charge is 0.444 e. The van der Waals surface area contributed by atoms with Crippen LogP contribution in [-0.4, -0.2) is 51.3 Å². The lowest BCUT2D eigenvalue weighted by Gasteiger charge is -2.48. The van der Waals surface area contributed by atoms with Crippen molar-refractivity contribution >= 4 is 12.0 Å². The summed E-state index contributed by atoms with van der Waals surface area (Å²) < 4.78 is 5.50. The van der Waals surface area contributed by atoms with Crippen LogP contribution in [0.25, 0.3) is 0 Å². The second kappa shape index (κ2) is 7.12. The van der Waals surface area contributed by atoms with E-state index in [1.807, 2.05) is 6.92 Å². The van der Waals surface area contributed by atoms with E-state index in [2.05, 4.69) is 11.4 Å². The number of fused-ring (bicyclic) bond motifs is 3. The Morgan fingerprint density at radius 1 is 1.33 bits per heavy atom. The van der Waals surface area contributed by atoms with Gasteiger partial charge in [-0.15, -0.1) is 0 Å². The molecule has 7 nitrogen and oxygen atoms in total. The smallest absolute Gasteiger partial charge is 0.408 e. The Kier molecular flexibility index (Phi) is 5.08. The summed E-state index contributed by atoms with van der Waals surface area (Å²) in [5.74, 6) is 0.590. The summed E-state index contributed by atoms with van der Waals surface area (Å²) in [5.41, 5.74) is -1.98. The number of carbonyl (C=O) groups excluding carboxylic acids is 2. The van der Waals surface area contributed by atoms with E-state index in [9.17, 15) is 20.0 Å². The Bertz CT molecular complexity index is 771. The molecule has 0 aromatic rings. The maximum Gasteiger partial charge on any atom is 0.408 e. The molecule has 4 rings (SSSR count). The predicted molar refractivity (Wildman–Crippen MR) is 110 cm³/mol. The van der Waals surface area contributed by atoms with Crippen molar-refractivity contribution in [2.45, 2.75) is 108 Å². The average Bonchev–Trinajstić information content (AvgIpc) is 3.22. The van der Waals surface area contributed by atoms with Gasteiger partial charge in [-0.3, -0.25) is 4.79 Å². The minimum atomic E-state index is -0.792. The van der Waals surface area contributed by atoms with Crippen molar-refractivity contribution in [1.29, 1.82) is 5.26 Å². The summed E-state index contributed by atoms with van der Waals surface area (Å²) in [4.78, 5) is 28.4. The van der Waals surface area contributed by atoms with Gasteiger partial charge in [0.1, 0.15) is 17.7 Å². The standard InChI is InChI=1S/C23H35N3O4/c1-5-22(10-14-6-7-23(29,11-14)13-22)18(25-20(28)30-21(2,3)4)19(27)26-16(12-24)8-15-9-17(15)26/h14-18,29H,5-11,13H2,1-4H3,(H,25,28)/t14?,15?,16-,17?,18+,22?,23?/m0/s1. The Hall–Kier alpha value is -1.81. The number of rotatable bonds is 4. The molecule has 2 amide bonds. The molecule has 1 heterocycles. The molecule has 7 atom stereocenters. The fraction of sp³-hybridized carbons (Fsp3) is 0.870. The number of nitrogens with one attached hydrogen (secondary N) is 1. The minimum absolute atomic E-state index is 0.113. The third-order valence-electron chi connectivity index (χ3n) is 7.80. The van der Waals surface area contributed by atoms with Crippen LogP contribution in [0.4, 0.5) is 4.79 Å². The quantitative estimate of drug-likeness (QED) is 0.732. The maximum atomic E-state index is 13.9. The molecular weight excluding hydrogens is 382 g/mol. The van der Waals surface area contributed by atoms with E-state index in [4.69, 9.17) is 4.74 Å². The number of alkyl carbamates (subject to hydrolysis) is 1. The van der Waals surface area contributed by atoms with Crippen LogP contribution in [0.3, 0.4) is 0 Å².